The molecule has 0 spiro atoms. The Morgan fingerprint density at radius 2 is 1.87 bits per heavy atom. The SMILES string of the molecule is COC(=O)[C@@H]1Cc2ccccc2CN1C(=O)COC(=O)c1ccc(C)c([N+](=O)[O-])c1. The van der Waals surface area contributed by atoms with E-state index in [1.54, 1.807) is 6.92 Å². The van der Waals surface area contributed by atoms with Gasteiger partial charge >= 0.3 is 11.9 Å². The predicted molar refractivity (Wildman–Crippen MR) is 105 cm³/mol. The number of nitrogens with zero attached hydrogens (tertiary/aromatic N) is 2. The minimum absolute atomic E-state index is 0.0337. The van der Waals surface area contributed by atoms with Gasteiger partial charge in [-0.25, -0.2) is 9.59 Å². The smallest absolute Gasteiger partial charge is 0.338 e. The number of benzene rings is 2. The van der Waals surface area contributed by atoms with Gasteiger partial charge in [0.2, 0.25) is 0 Å². The Morgan fingerprint density at radius 1 is 1.17 bits per heavy atom. The summed E-state index contributed by atoms with van der Waals surface area (Å²) in [5.74, 6) is -1.98. The summed E-state index contributed by atoms with van der Waals surface area (Å²) in [7, 11) is 1.25. The molecule has 0 bridgehead atoms. The molecule has 0 fully saturated rings. The standard InChI is InChI=1S/C21H20N2O7/c1-13-7-8-15(10-17(13)23(27)28)20(25)30-12-19(24)22-11-16-6-4-3-5-14(16)9-18(22)21(26)29-2/h3-8,10,18H,9,11-12H2,1-2H3/t18-/m0/s1. The van der Waals surface area contributed by atoms with Crippen molar-refractivity contribution < 1.29 is 28.8 Å². The van der Waals surface area contributed by atoms with E-state index in [9.17, 15) is 24.5 Å². The van der Waals surface area contributed by atoms with Gasteiger partial charge in [0, 0.05) is 24.6 Å². The Labute approximate surface area is 172 Å². The summed E-state index contributed by atoms with van der Waals surface area (Å²) < 4.78 is 9.88. The van der Waals surface area contributed by atoms with Crippen molar-refractivity contribution in [3.63, 3.8) is 0 Å². The third kappa shape index (κ3) is 4.29. The second kappa shape index (κ2) is 8.73. The fourth-order valence-corrected chi connectivity index (χ4v) is 3.36. The number of esters is 2. The lowest BCUT2D eigenvalue weighted by Crippen LogP contribution is -2.50. The third-order valence-electron chi connectivity index (χ3n) is 5.01. The molecule has 3 rings (SSSR count). The summed E-state index contributed by atoms with van der Waals surface area (Å²) in [6.45, 7) is 1.14. The van der Waals surface area contributed by atoms with E-state index in [1.165, 1.54) is 24.1 Å². The highest BCUT2D eigenvalue weighted by atomic mass is 16.6. The minimum Gasteiger partial charge on any atom is -0.467 e. The average Bonchev–Trinajstić information content (AvgIpc) is 2.75. The van der Waals surface area contributed by atoms with E-state index in [0.29, 0.717) is 12.0 Å². The normalized spacial score (nSPS) is 15.1. The van der Waals surface area contributed by atoms with Crippen LogP contribution in [0.4, 0.5) is 5.69 Å². The molecule has 1 aliphatic heterocycles. The number of hydrogen-bond donors (Lipinski definition) is 0. The molecule has 0 N–H and O–H groups in total. The Balaban J connectivity index is 1.73. The zero-order valence-electron chi connectivity index (χ0n) is 16.5. The van der Waals surface area contributed by atoms with Crippen LogP contribution in [0.25, 0.3) is 0 Å². The van der Waals surface area contributed by atoms with E-state index < -0.39 is 35.4 Å². The maximum absolute atomic E-state index is 12.7. The fraction of sp³-hybridized carbons (Fsp3) is 0.286. The molecule has 0 aliphatic carbocycles. The Hall–Kier alpha value is -3.75. The summed E-state index contributed by atoms with van der Waals surface area (Å²) in [5.41, 5.74) is 2.00. The van der Waals surface area contributed by atoms with E-state index in [4.69, 9.17) is 9.47 Å². The van der Waals surface area contributed by atoms with Crippen LogP contribution in [-0.2, 0) is 32.0 Å². The van der Waals surface area contributed by atoms with Crippen LogP contribution in [0.15, 0.2) is 42.5 Å². The van der Waals surface area contributed by atoms with Gasteiger partial charge in [0.25, 0.3) is 11.6 Å². The molecule has 156 valence electrons. The van der Waals surface area contributed by atoms with E-state index in [1.807, 2.05) is 24.3 Å². The number of carbonyl (C=O) groups excluding carboxylic acids is 3. The highest BCUT2D eigenvalue weighted by Crippen LogP contribution is 2.24. The van der Waals surface area contributed by atoms with Crippen molar-refractivity contribution in [1.29, 1.82) is 0 Å². The number of aryl methyl sites for hydroxylation is 1. The van der Waals surface area contributed by atoms with Gasteiger partial charge in [-0.05, 0) is 24.1 Å². The average molecular weight is 412 g/mol. The zero-order chi connectivity index (χ0) is 21.8. The van der Waals surface area contributed by atoms with Crippen LogP contribution in [0, 0.1) is 17.0 Å². The molecule has 9 heteroatoms. The lowest BCUT2D eigenvalue weighted by molar-refractivity contribution is -0.385. The van der Waals surface area contributed by atoms with Crippen LogP contribution in [-0.4, -0.2) is 47.4 Å². The molecular formula is C21H20N2O7. The van der Waals surface area contributed by atoms with E-state index in [0.717, 1.165) is 17.2 Å². The first-order chi connectivity index (χ1) is 14.3. The maximum Gasteiger partial charge on any atom is 0.338 e. The van der Waals surface area contributed by atoms with Crippen LogP contribution in [0.1, 0.15) is 27.0 Å². The van der Waals surface area contributed by atoms with Crippen molar-refractivity contribution in [3.05, 3.63) is 74.8 Å². The molecular weight excluding hydrogens is 392 g/mol. The number of hydrogen-bond acceptors (Lipinski definition) is 7. The summed E-state index contributed by atoms with van der Waals surface area (Å²) >= 11 is 0. The van der Waals surface area contributed by atoms with Crippen molar-refractivity contribution in [2.75, 3.05) is 13.7 Å². The Bertz CT molecular complexity index is 1020. The van der Waals surface area contributed by atoms with Gasteiger partial charge in [0.1, 0.15) is 6.04 Å². The first-order valence-corrected chi connectivity index (χ1v) is 9.18. The number of amides is 1. The number of carbonyl (C=O) groups is 3. The first-order valence-electron chi connectivity index (χ1n) is 9.18. The Morgan fingerprint density at radius 3 is 2.53 bits per heavy atom. The van der Waals surface area contributed by atoms with Crippen molar-refractivity contribution in [1.82, 2.24) is 4.90 Å². The van der Waals surface area contributed by atoms with E-state index in [2.05, 4.69) is 0 Å². The first kappa shape index (κ1) is 21.0. The fourth-order valence-electron chi connectivity index (χ4n) is 3.36. The number of rotatable bonds is 5. The number of ether oxygens (including phenoxy) is 2. The van der Waals surface area contributed by atoms with Crippen molar-refractivity contribution in [2.24, 2.45) is 0 Å². The molecule has 0 radical (unpaired) electrons. The molecule has 0 saturated carbocycles. The molecule has 0 aromatic heterocycles. The second-order valence-electron chi connectivity index (χ2n) is 6.87. The van der Waals surface area contributed by atoms with Crippen LogP contribution in [0.3, 0.4) is 0 Å². The van der Waals surface area contributed by atoms with Crippen LogP contribution < -0.4 is 0 Å². The quantitative estimate of drug-likeness (QED) is 0.420. The van der Waals surface area contributed by atoms with Gasteiger partial charge in [-0.15, -0.1) is 0 Å². The van der Waals surface area contributed by atoms with Crippen LogP contribution in [0.2, 0.25) is 0 Å². The van der Waals surface area contributed by atoms with E-state index >= 15 is 0 Å². The Kier molecular flexibility index (Phi) is 6.10. The molecule has 2 aromatic rings. The monoisotopic (exact) mass is 412 g/mol. The molecule has 9 nitrogen and oxygen atoms in total. The predicted octanol–water partition coefficient (Wildman–Crippen LogP) is 2.19. The van der Waals surface area contributed by atoms with Gasteiger partial charge in [-0.2, -0.15) is 0 Å². The summed E-state index contributed by atoms with van der Waals surface area (Å²) in [6, 6.07) is 10.6. The topological polar surface area (TPSA) is 116 Å². The highest BCUT2D eigenvalue weighted by Gasteiger charge is 2.35. The lowest BCUT2D eigenvalue weighted by Gasteiger charge is -2.35. The highest BCUT2D eigenvalue weighted by molar-refractivity contribution is 5.93. The zero-order valence-corrected chi connectivity index (χ0v) is 16.5. The molecule has 0 saturated heterocycles. The second-order valence-corrected chi connectivity index (χ2v) is 6.87. The number of fused-ring (bicyclic) bond motifs is 1. The van der Waals surface area contributed by atoms with Crippen molar-refractivity contribution in [2.45, 2.75) is 25.9 Å². The van der Waals surface area contributed by atoms with Gasteiger partial charge in [0.15, 0.2) is 6.61 Å². The number of nitro groups is 1. The molecule has 30 heavy (non-hydrogen) atoms. The summed E-state index contributed by atoms with van der Waals surface area (Å²) in [5, 5.41) is 11.0. The number of nitro benzene ring substituents is 1. The largest absolute Gasteiger partial charge is 0.467 e. The number of methoxy groups -OCH3 is 1. The van der Waals surface area contributed by atoms with Crippen molar-refractivity contribution in [3.8, 4) is 0 Å². The van der Waals surface area contributed by atoms with E-state index in [-0.39, 0.29) is 17.8 Å². The van der Waals surface area contributed by atoms with Gasteiger partial charge in [-0.1, -0.05) is 30.3 Å². The van der Waals surface area contributed by atoms with Crippen LogP contribution >= 0.6 is 0 Å². The summed E-state index contributed by atoms with van der Waals surface area (Å²) in [6.07, 6.45) is 0.298. The van der Waals surface area contributed by atoms with Gasteiger partial charge in [0.05, 0.1) is 17.6 Å². The van der Waals surface area contributed by atoms with Gasteiger partial charge in [-0.3, -0.25) is 14.9 Å². The minimum atomic E-state index is -0.863. The molecule has 1 heterocycles. The molecule has 1 amide bonds. The maximum atomic E-state index is 12.7. The lowest BCUT2D eigenvalue weighted by atomic mass is 9.94. The van der Waals surface area contributed by atoms with Crippen molar-refractivity contribution >= 4 is 23.5 Å². The molecule has 1 atom stereocenters. The molecule has 0 unspecified atom stereocenters. The third-order valence-corrected chi connectivity index (χ3v) is 5.01. The van der Waals surface area contributed by atoms with Crippen LogP contribution in [0.5, 0.6) is 0 Å². The van der Waals surface area contributed by atoms with Gasteiger partial charge < -0.3 is 14.4 Å². The summed E-state index contributed by atoms with van der Waals surface area (Å²) in [4.78, 5) is 49.0. The molecule has 1 aliphatic rings. The molecule has 2 aromatic carbocycles.